The lowest BCUT2D eigenvalue weighted by Gasteiger charge is -2.32. The van der Waals surface area contributed by atoms with E-state index in [-0.39, 0.29) is 11.8 Å². The summed E-state index contributed by atoms with van der Waals surface area (Å²) in [6.07, 6.45) is 2.60. The van der Waals surface area contributed by atoms with Crippen molar-refractivity contribution < 1.29 is 9.59 Å². The van der Waals surface area contributed by atoms with E-state index < -0.39 is 0 Å². The molecule has 1 fully saturated rings. The Morgan fingerprint density at radius 3 is 2.78 bits per heavy atom. The van der Waals surface area contributed by atoms with Gasteiger partial charge in [-0.25, -0.2) is 0 Å². The summed E-state index contributed by atoms with van der Waals surface area (Å²) in [6.45, 7) is 7.69. The first-order valence-electron chi connectivity index (χ1n) is 8.20. The maximum atomic E-state index is 12.4. The molecule has 0 N–H and O–H groups in total. The molecule has 4 nitrogen and oxygen atoms in total. The van der Waals surface area contributed by atoms with Crippen LogP contribution in [-0.2, 0) is 9.59 Å². The summed E-state index contributed by atoms with van der Waals surface area (Å²) in [5.41, 5.74) is 1.76. The summed E-state index contributed by atoms with van der Waals surface area (Å²) < 4.78 is 0. The number of halogens is 1. The summed E-state index contributed by atoms with van der Waals surface area (Å²) in [4.78, 5) is 28.0. The highest BCUT2D eigenvalue weighted by atomic mass is 35.5. The van der Waals surface area contributed by atoms with Gasteiger partial charge in [0.25, 0.3) is 0 Å². The standard InChI is InChI=1S/C18H25ClN2O2/c1-13-5-4-9-20(12-13)18(23)8-10-21(15(3)22)17-11-16(19)7-6-14(17)2/h6-7,11,13H,4-5,8-10,12H2,1-3H3. The second-order valence-electron chi connectivity index (χ2n) is 6.44. The van der Waals surface area contributed by atoms with Gasteiger partial charge in [0.1, 0.15) is 0 Å². The molecule has 2 rings (SSSR count). The fraction of sp³-hybridized carbons (Fsp3) is 0.556. The van der Waals surface area contributed by atoms with Crippen molar-refractivity contribution in [3.05, 3.63) is 28.8 Å². The number of aryl methyl sites for hydroxylation is 1. The van der Waals surface area contributed by atoms with Gasteiger partial charge in [0.2, 0.25) is 11.8 Å². The van der Waals surface area contributed by atoms with Crippen LogP contribution in [0.4, 0.5) is 5.69 Å². The number of carbonyl (C=O) groups is 2. The van der Waals surface area contributed by atoms with Crippen molar-refractivity contribution >= 4 is 29.1 Å². The number of carbonyl (C=O) groups excluding carboxylic acids is 2. The molecule has 0 bridgehead atoms. The predicted octanol–water partition coefficient (Wildman–Crippen LogP) is 3.65. The Morgan fingerprint density at radius 2 is 2.13 bits per heavy atom. The monoisotopic (exact) mass is 336 g/mol. The van der Waals surface area contributed by atoms with Crippen LogP contribution >= 0.6 is 11.6 Å². The van der Waals surface area contributed by atoms with Crippen LogP contribution in [0.2, 0.25) is 5.02 Å². The molecule has 0 aliphatic carbocycles. The van der Waals surface area contributed by atoms with Crippen LogP contribution < -0.4 is 4.90 Å². The number of hydrogen-bond acceptors (Lipinski definition) is 2. The summed E-state index contributed by atoms with van der Waals surface area (Å²) in [5, 5.41) is 0.591. The van der Waals surface area contributed by atoms with E-state index >= 15 is 0 Å². The minimum atomic E-state index is -0.0739. The van der Waals surface area contributed by atoms with E-state index in [0.717, 1.165) is 30.8 Å². The van der Waals surface area contributed by atoms with Gasteiger partial charge in [-0.2, -0.15) is 0 Å². The average molecular weight is 337 g/mol. The molecule has 2 amide bonds. The third-order valence-electron chi connectivity index (χ3n) is 4.40. The van der Waals surface area contributed by atoms with Gasteiger partial charge in [-0.05, 0) is 43.4 Å². The van der Waals surface area contributed by atoms with Crippen molar-refractivity contribution in [3.63, 3.8) is 0 Å². The molecule has 1 aliphatic heterocycles. The molecule has 1 heterocycles. The van der Waals surface area contributed by atoms with Crippen LogP contribution in [-0.4, -0.2) is 36.3 Å². The zero-order valence-electron chi connectivity index (χ0n) is 14.1. The highest BCUT2D eigenvalue weighted by Gasteiger charge is 2.22. The number of likely N-dealkylation sites (tertiary alicyclic amines) is 1. The summed E-state index contributed by atoms with van der Waals surface area (Å²) in [5.74, 6) is 0.615. The van der Waals surface area contributed by atoms with E-state index in [0.29, 0.717) is 23.9 Å². The molecule has 1 unspecified atom stereocenters. The maximum Gasteiger partial charge on any atom is 0.224 e. The van der Waals surface area contributed by atoms with Gasteiger partial charge in [-0.15, -0.1) is 0 Å². The van der Waals surface area contributed by atoms with E-state index in [9.17, 15) is 9.59 Å². The number of piperidine rings is 1. The van der Waals surface area contributed by atoms with Crippen LogP contribution in [0.25, 0.3) is 0 Å². The molecule has 0 radical (unpaired) electrons. The van der Waals surface area contributed by atoms with Crippen molar-refractivity contribution in [1.29, 1.82) is 0 Å². The first-order valence-corrected chi connectivity index (χ1v) is 8.58. The minimum absolute atomic E-state index is 0.0739. The van der Waals surface area contributed by atoms with E-state index in [1.165, 1.54) is 13.3 Å². The quantitative estimate of drug-likeness (QED) is 0.842. The molecular formula is C18H25ClN2O2. The van der Waals surface area contributed by atoms with E-state index in [4.69, 9.17) is 11.6 Å². The second-order valence-corrected chi connectivity index (χ2v) is 6.88. The first-order chi connectivity index (χ1) is 10.9. The predicted molar refractivity (Wildman–Crippen MR) is 93.8 cm³/mol. The Labute approximate surface area is 143 Å². The molecule has 1 aromatic rings. The van der Waals surface area contributed by atoms with Crippen molar-refractivity contribution in [2.75, 3.05) is 24.5 Å². The molecule has 1 saturated heterocycles. The number of rotatable bonds is 4. The van der Waals surface area contributed by atoms with Gasteiger partial charge in [-0.1, -0.05) is 24.6 Å². The van der Waals surface area contributed by atoms with Crippen molar-refractivity contribution in [3.8, 4) is 0 Å². The highest BCUT2D eigenvalue weighted by molar-refractivity contribution is 6.31. The number of hydrogen-bond donors (Lipinski definition) is 0. The fourth-order valence-corrected chi connectivity index (χ4v) is 3.27. The van der Waals surface area contributed by atoms with E-state index in [2.05, 4.69) is 6.92 Å². The van der Waals surface area contributed by atoms with Gasteiger partial charge in [0.15, 0.2) is 0 Å². The lowest BCUT2D eigenvalue weighted by atomic mass is 10.00. The molecule has 23 heavy (non-hydrogen) atoms. The zero-order valence-corrected chi connectivity index (χ0v) is 14.9. The topological polar surface area (TPSA) is 40.6 Å². The van der Waals surface area contributed by atoms with E-state index in [1.54, 1.807) is 17.0 Å². The SMILES string of the molecule is CC(=O)N(CCC(=O)N1CCCC(C)C1)c1cc(Cl)ccc1C. The summed E-state index contributed by atoms with van der Waals surface area (Å²) in [6, 6.07) is 5.48. The van der Waals surface area contributed by atoms with Gasteiger partial charge >= 0.3 is 0 Å². The normalized spacial score (nSPS) is 17.9. The number of amides is 2. The minimum Gasteiger partial charge on any atom is -0.342 e. The Bertz CT molecular complexity index is 588. The summed E-state index contributed by atoms with van der Waals surface area (Å²) >= 11 is 6.05. The smallest absolute Gasteiger partial charge is 0.224 e. The van der Waals surface area contributed by atoms with Crippen molar-refractivity contribution in [1.82, 2.24) is 4.90 Å². The van der Waals surface area contributed by atoms with Crippen LogP contribution in [0, 0.1) is 12.8 Å². The van der Waals surface area contributed by atoms with Crippen LogP contribution in [0.5, 0.6) is 0 Å². The molecular weight excluding hydrogens is 312 g/mol. The molecule has 0 spiro atoms. The lowest BCUT2D eigenvalue weighted by molar-refractivity contribution is -0.132. The number of benzene rings is 1. The number of nitrogens with zero attached hydrogens (tertiary/aromatic N) is 2. The summed E-state index contributed by atoms with van der Waals surface area (Å²) in [7, 11) is 0. The molecule has 1 aliphatic rings. The first kappa shape index (κ1) is 17.8. The van der Waals surface area contributed by atoms with Crippen LogP contribution in [0.3, 0.4) is 0 Å². The Morgan fingerprint density at radius 1 is 1.39 bits per heavy atom. The maximum absolute atomic E-state index is 12.4. The lowest BCUT2D eigenvalue weighted by Crippen LogP contribution is -2.41. The van der Waals surface area contributed by atoms with Gasteiger partial charge in [0, 0.05) is 43.7 Å². The zero-order chi connectivity index (χ0) is 17.0. The van der Waals surface area contributed by atoms with E-state index in [1.807, 2.05) is 17.9 Å². The van der Waals surface area contributed by atoms with Gasteiger partial charge in [-0.3, -0.25) is 9.59 Å². The molecule has 5 heteroatoms. The Hall–Kier alpha value is -1.55. The highest BCUT2D eigenvalue weighted by Crippen LogP contribution is 2.25. The van der Waals surface area contributed by atoms with Gasteiger partial charge in [0.05, 0.1) is 0 Å². The average Bonchev–Trinajstić information content (AvgIpc) is 2.50. The third kappa shape index (κ3) is 4.71. The molecule has 1 atom stereocenters. The molecule has 1 aromatic carbocycles. The second kappa shape index (κ2) is 7.82. The molecule has 0 saturated carbocycles. The van der Waals surface area contributed by atoms with Crippen LogP contribution in [0.1, 0.15) is 38.7 Å². The number of anilines is 1. The Kier molecular flexibility index (Phi) is 6.05. The van der Waals surface area contributed by atoms with Crippen LogP contribution in [0.15, 0.2) is 18.2 Å². The largest absolute Gasteiger partial charge is 0.342 e. The van der Waals surface area contributed by atoms with Gasteiger partial charge < -0.3 is 9.80 Å². The molecule has 126 valence electrons. The fourth-order valence-electron chi connectivity index (χ4n) is 3.10. The van der Waals surface area contributed by atoms with Crippen molar-refractivity contribution in [2.45, 2.75) is 40.0 Å². The molecule has 0 aromatic heterocycles. The third-order valence-corrected chi connectivity index (χ3v) is 4.64. The van der Waals surface area contributed by atoms with Crippen molar-refractivity contribution in [2.24, 2.45) is 5.92 Å². The Balaban J connectivity index is 2.04.